The summed E-state index contributed by atoms with van der Waals surface area (Å²) in [5.41, 5.74) is 2.11. The zero-order chi connectivity index (χ0) is 21.5. The second-order valence-electron chi connectivity index (χ2n) is 10.2. The summed E-state index contributed by atoms with van der Waals surface area (Å²) in [4.78, 5) is 25.6. The van der Waals surface area contributed by atoms with E-state index in [0.717, 1.165) is 37.5 Å². The summed E-state index contributed by atoms with van der Waals surface area (Å²) in [6, 6.07) is 3.08. The van der Waals surface area contributed by atoms with Crippen LogP contribution in [0, 0.1) is 28.6 Å². The molecule has 0 radical (unpaired) electrons. The average Bonchev–Trinajstić information content (AvgIpc) is 3.04. The molecule has 6 atom stereocenters. The first-order chi connectivity index (χ1) is 14.3. The molecule has 0 bridgehead atoms. The quantitative estimate of drug-likeness (QED) is 0.702. The average molecular weight is 412 g/mol. The summed E-state index contributed by atoms with van der Waals surface area (Å²) >= 11 is 0. The number of allylic oxidation sites excluding steroid dienone is 1. The number of aromatic carboxylic acids is 1. The summed E-state index contributed by atoms with van der Waals surface area (Å²) in [7, 11) is 0. The standard InChI is InChI=1S/C19H28O2.C6H5NO2/c1-18-9-7-13(20)11-12(18)3-4-14-15-5-6-17(21)19(15,2)10-8-16(14)18;8-6(9)5-2-1-3-7-4-5/h11,14-17,21H,3-10H2,1-2H3;1-4H,(H,8,9)/t14-,15-,16-,17-,18-,19-;/m0./s1. The molecule has 5 rings (SSSR count). The smallest absolute Gasteiger partial charge is 0.337 e. The van der Waals surface area contributed by atoms with Crippen LogP contribution >= 0.6 is 0 Å². The van der Waals surface area contributed by atoms with Crippen molar-refractivity contribution < 1.29 is 19.8 Å². The largest absolute Gasteiger partial charge is 0.478 e. The Labute approximate surface area is 178 Å². The number of rotatable bonds is 1. The molecule has 0 saturated heterocycles. The summed E-state index contributed by atoms with van der Waals surface area (Å²) in [6.07, 6.45) is 13.5. The predicted molar refractivity (Wildman–Crippen MR) is 114 cm³/mol. The van der Waals surface area contributed by atoms with Crippen LogP contribution in [0.25, 0.3) is 0 Å². The van der Waals surface area contributed by atoms with Gasteiger partial charge < -0.3 is 10.2 Å². The second kappa shape index (κ2) is 7.92. The number of aliphatic hydroxyl groups excluding tert-OH is 1. The molecule has 1 aromatic rings. The van der Waals surface area contributed by atoms with Crippen molar-refractivity contribution in [1.82, 2.24) is 4.98 Å². The lowest BCUT2D eigenvalue weighted by Gasteiger charge is -2.57. The van der Waals surface area contributed by atoms with E-state index in [9.17, 15) is 14.7 Å². The highest BCUT2D eigenvalue weighted by molar-refractivity contribution is 5.91. The van der Waals surface area contributed by atoms with E-state index in [-0.39, 0.29) is 22.5 Å². The number of fused-ring (bicyclic) bond motifs is 5. The van der Waals surface area contributed by atoms with E-state index in [1.807, 2.05) is 6.08 Å². The normalized spacial score (nSPS) is 39.6. The van der Waals surface area contributed by atoms with Crippen LogP contribution in [-0.2, 0) is 4.79 Å². The molecule has 162 valence electrons. The van der Waals surface area contributed by atoms with Crippen LogP contribution in [0.1, 0.15) is 75.6 Å². The van der Waals surface area contributed by atoms with Gasteiger partial charge in [0.25, 0.3) is 0 Å². The molecule has 3 saturated carbocycles. The van der Waals surface area contributed by atoms with Crippen LogP contribution < -0.4 is 0 Å². The molecule has 0 aliphatic heterocycles. The second-order valence-corrected chi connectivity index (χ2v) is 10.2. The van der Waals surface area contributed by atoms with Gasteiger partial charge in [0, 0.05) is 18.8 Å². The van der Waals surface area contributed by atoms with E-state index in [4.69, 9.17) is 5.11 Å². The van der Waals surface area contributed by atoms with Crippen molar-refractivity contribution in [2.75, 3.05) is 0 Å². The lowest BCUT2D eigenvalue weighted by atomic mass is 9.47. The Kier molecular flexibility index (Phi) is 5.60. The van der Waals surface area contributed by atoms with Crippen molar-refractivity contribution in [3.05, 3.63) is 41.7 Å². The lowest BCUT2D eigenvalue weighted by molar-refractivity contribution is -0.118. The first-order valence-corrected chi connectivity index (χ1v) is 11.3. The molecule has 1 aromatic heterocycles. The molecule has 4 aliphatic rings. The molecule has 1 heterocycles. The Bertz CT molecular complexity index is 850. The van der Waals surface area contributed by atoms with E-state index in [1.165, 1.54) is 49.7 Å². The molecular formula is C25H33NO4. The van der Waals surface area contributed by atoms with Crippen molar-refractivity contribution in [2.24, 2.45) is 28.6 Å². The molecule has 0 aromatic carbocycles. The minimum absolute atomic E-state index is 0.0823. The Morgan fingerprint density at radius 2 is 1.90 bits per heavy atom. The number of nitrogens with zero attached hydrogens (tertiary/aromatic N) is 1. The fraction of sp³-hybridized carbons (Fsp3) is 0.640. The number of hydrogen-bond acceptors (Lipinski definition) is 4. The van der Waals surface area contributed by atoms with E-state index >= 15 is 0 Å². The van der Waals surface area contributed by atoms with Crippen LogP contribution in [0.15, 0.2) is 36.2 Å². The van der Waals surface area contributed by atoms with Gasteiger partial charge in [0.2, 0.25) is 0 Å². The monoisotopic (exact) mass is 411 g/mol. The van der Waals surface area contributed by atoms with Crippen molar-refractivity contribution in [2.45, 2.75) is 71.3 Å². The zero-order valence-corrected chi connectivity index (χ0v) is 18.0. The number of pyridine rings is 1. The van der Waals surface area contributed by atoms with Crippen molar-refractivity contribution in [3.63, 3.8) is 0 Å². The number of carbonyl (C=O) groups excluding carboxylic acids is 1. The van der Waals surface area contributed by atoms with Gasteiger partial charge in [-0.1, -0.05) is 19.4 Å². The van der Waals surface area contributed by atoms with Crippen molar-refractivity contribution in [3.8, 4) is 0 Å². The number of aromatic nitrogens is 1. The van der Waals surface area contributed by atoms with Gasteiger partial charge in [-0.05, 0) is 91.7 Å². The summed E-state index contributed by atoms with van der Waals surface area (Å²) < 4.78 is 0. The summed E-state index contributed by atoms with van der Waals surface area (Å²) in [5, 5.41) is 18.8. The molecule has 5 nitrogen and oxygen atoms in total. The van der Waals surface area contributed by atoms with E-state index in [1.54, 1.807) is 6.07 Å². The van der Waals surface area contributed by atoms with Crippen molar-refractivity contribution >= 4 is 11.8 Å². The van der Waals surface area contributed by atoms with Gasteiger partial charge in [0.05, 0.1) is 11.7 Å². The summed E-state index contributed by atoms with van der Waals surface area (Å²) in [5.74, 6) is 1.63. The topological polar surface area (TPSA) is 87.5 Å². The maximum absolute atomic E-state index is 11.8. The minimum Gasteiger partial charge on any atom is -0.478 e. The molecule has 30 heavy (non-hydrogen) atoms. The minimum atomic E-state index is -0.942. The first kappa shape index (κ1) is 21.2. The molecule has 2 N–H and O–H groups in total. The maximum Gasteiger partial charge on any atom is 0.337 e. The molecular weight excluding hydrogens is 378 g/mol. The number of carbonyl (C=O) groups is 2. The lowest BCUT2D eigenvalue weighted by Crippen LogP contribution is -2.51. The van der Waals surface area contributed by atoms with Crippen LogP contribution in [0.4, 0.5) is 0 Å². The Hall–Kier alpha value is -2.01. The third kappa shape index (κ3) is 3.51. The Balaban J connectivity index is 0.000000204. The molecule has 0 amide bonds. The summed E-state index contributed by atoms with van der Waals surface area (Å²) in [6.45, 7) is 4.76. The highest BCUT2D eigenvalue weighted by Crippen LogP contribution is 2.65. The van der Waals surface area contributed by atoms with E-state index in [2.05, 4.69) is 18.8 Å². The Morgan fingerprint density at radius 1 is 1.10 bits per heavy atom. The third-order valence-electron chi connectivity index (χ3n) is 8.82. The van der Waals surface area contributed by atoms with Gasteiger partial charge in [0.1, 0.15) is 0 Å². The number of hydrogen-bond donors (Lipinski definition) is 2. The third-order valence-corrected chi connectivity index (χ3v) is 8.82. The number of aliphatic hydroxyl groups is 1. The SMILES string of the molecule is C[C@]12CC[C@H]3[C@@H](CCC4=CC(=O)CC[C@@]43C)[C@@H]1CC[C@@H]2O.O=C(O)c1cccnc1. The van der Waals surface area contributed by atoms with Gasteiger partial charge in [0.15, 0.2) is 5.78 Å². The predicted octanol–water partition coefficient (Wildman–Crippen LogP) is 4.66. The van der Waals surface area contributed by atoms with Gasteiger partial charge in [-0.15, -0.1) is 0 Å². The van der Waals surface area contributed by atoms with Crippen LogP contribution in [-0.4, -0.2) is 33.1 Å². The molecule has 0 spiro atoms. The maximum atomic E-state index is 11.8. The van der Waals surface area contributed by atoms with E-state index in [0.29, 0.717) is 11.7 Å². The molecule has 3 fully saturated rings. The van der Waals surface area contributed by atoms with Crippen LogP contribution in [0.3, 0.4) is 0 Å². The molecule has 5 heteroatoms. The van der Waals surface area contributed by atoms with Crippen molar-refractivity contribution in [1.29, 1.82) is 0 Å². The Morgan fingerprint density at radius 3 is 2.57 bits per heavy atom. The number of carboxylic acid groups (broad SMARTS) is 1. The highest BCUT2D eigenvalue weighted by atomic mass is 16.4. The first-order valence-electron chi connectivity index (χ1n) is 11.3. The van der Waals surface area contributed by atoms with Crippen LogP contribution in [0.2, 0.25) is 0 Å². The van der Waals surface area contributed by atoms with Gasteiger partial charge in [-0.25, -0.2) is 4.79 Å². The fourth-order valence-corrected chi connectivity index (χ4v) is 7.02. The molecule has 0 unspecified atom stereocenters. The zero-order valence-electron chi connectivity index (χ0n) is 18.0. The van der Waals surface area contributed by atoms with Gasteiger partial charge in [-0.3, -0.25) is 9.78 Å². The highest BCUT2D eigenvalue weighted by Gasteiger charge is 2.58. The fourth-order valence-electron chi connectivity index (χ4n) is 7.02. The van der Waals surface area contributed by atoms with Gasteiger partial charge >= 0.3 is 5.97 Å². The van der Waals surface area contributed by atoms with Gasteiger partial charge in [-0.2, -0.15) is 0 Å². The van der Waals surface area contributed by atoms with E-state index < -0.39 is 5.97 Å². The van der Waals surface area contributed by atoms with Crippen LogP contribution in [0.5, 0.6) is 0 Å². The number of ketones is 1. The number of carboxylic acids is 1. The molecule has 4 aliphatic carbocycles.